The van der Waals surface area contributed by atoms with E-state index in [1.807, 2.05) is 94.0 Å². The maximum atomic E-state index is 13.5. The summed E-state index contributed by atoms with van der Waals surface area (Å²) < 4.78 is 18.3. The van der Waals surface area contributed by atoms with Crippen LogP contribution in [0.2, 0.25) is 10.0 Å². The number of aldehydes is 1. The molecule has 0 saturated heterocycles. The van der Waals surface area contributed by atoms with Crippen LogP contribution in [0.25, 0.3) is 38.6 Å². The first-order valence-corrected chi connectivity index (χ1v) is 20.5. The molecular weight excluding hydrogens is 781 g/mol. The third-order valence-electron chi connectivity index (χ3n) is 11.4. The average molecular weight is 833 g/mol. The highest BCUT2D eigenvalue weighted by atomic mass is 35.5. The number of carbonyl (C=O) groups excluding carboxylic acids is 1. The number of nitrogens with two attached hydrogens (primary N) is 1. The van der Waals surface area contributed by atoms with Crippen molar-refractivity contribution in [3.05, 3.63) is 129 Å². The number of ether oxygens (including phenoxy) is 2. The van der Waals surface area contributed by atoms with Gasteiger partial charge >= 0.3 is 0 Å². The summed E-state index contributed by atoms with van der Waals surface area (Å²) in [6.07, 6.45) is 4.08. The molecule has 0 unspecified atom stereocenters. The molecule has 0 fully saturated rings. The molecule has 0 spiro atoms. The van der Waals surface area contributed by atoms with E-state index in [0.717, 1.165) is 101 Å². The molecule has 2 N–H and O–H groups in total. The lowest BCUT2D eigenvalue weighted by molar-refractivity contribution is 0.111. The van der Waals surface area contributed by atoms with Crippen LogP contribution < -0.4 is 20.1 Å². The van der Waals surface area contributed by atoms with Crippen LogP contribution in [0, 0.1) is 27.7 Å². The Labute approximate surface area is 355 Å². The van der Waals surface area contributed by atoms with Crippen molar-refractivity contribution in [3.63, 3.8) is 0 Å². The van der Waals surface area contributed by atoms with Gasteiger partial charge in [0.25, 0.3) is 0 Å². The zero-order valence-corrected chi connectivity index (χ0v) is 36.5. The second kappa shape index (κ2) is 16.9. The molecular formula is C47H51Cl2N7O3. The van der Waals surface area contributed by atoms with Gasteiger partial charge in [0, 0.05) is 71.2 Å². The number of benzene rings is 3. The molecule has 12 heteroatoms. The number of halogens is 2. The van der Waals surface area contributed by atoms with Crippen LogP contribution in [-0.4, -0.2) is 57.5 Å². The molecule has 7 aromatic rings. The number of hydrogen-bond donors (Lipinski definition) is 1. The van der Waals surface area contributed by atoms with E-state index in [1.165, 1.54) is 0 Å². The normalized spacial score (nSPS) is 12.0. The second-order valence-corrected chi connectivity index (χ2v) is 16.2. The topological polar surface area (TPSA) is 105 Å². The quantitative estimate of drug-likeness (QED) is 0.0810. The highest BCUT2D eigenvalue weighted by molar-refractivity contribution is 6.35. The number of nitrogens with zero attached hydrogens (tertiary/aromatic N) is 6. The molecule has 4 aromatic heterocycles. The van der Waals surface area contributed by atoms with Gasteiger partial charge in [-0.3, -0.25) is 14.5 Å². The second-order valence-electron chi connectivity index (χ2n) is 15.4. The lowest BCUT2D eigenvalue weighted by Crippen LogP contribution is -2.27. The van der Waals surface area contributed by atoms with Crippen molar-refractivity contribution >= 4 is 62.7 Å². The molecule has 0 radical (unpaired) electrons. The van der Waals surface area contributed by atoms with Gasteiger partial charge in [0.2, 0.25) is 0 Å². The Morgan fingerprint density at radius 1 is 1.00 bits per heavy atom. The summed E-state index contributed by atoms with van der Waals surface area (Å²) in [7, 11) is 5.68. The first-order chi connectivity index (χ1) is 28.2. The van der Waals surface area contributed by atoms with E-state index in [4.69, 9.17) is 43.5 Å². The summed E-state index contributed by atoms with van der Waals surface area (Å²) in [5.41, 5.74) is 18.5. The molecule has 4 heterocycles. The number of anilines is 1. The van der Waals surface area contributed by atoms with E-state index in [1.54, 1.807) is 13.3 Å². The van der Waals surface area contributed by atoms with Crippen molar-refractivity contribution in [2.24, 2.45) is 12.8 Å². The predicted octanol–water partition coefficient (Wildman–Crippen LogP) is 10.4. The van der Waals surface area contributed by atoms with Crippen molar-refractivity contribution in [2.75, 3.05) is 32.2 Å². The van der Waals surface area contributed by atoms with Gasteiger partial charge in [-0.2, -0.15) is 5.10 Å². The van der Waals surface area contributed by atoms with E-state index >= 15 is 0 Å². The maximum Gasteiger partial charge on any atom is 0.166 e. The Kier molecular flexibility index (Phi) is 11.9. The molecule has 0 saturated carbocycles. The van der Waals surface area contributed by atoms with Gasteiger partial charge in [0.05, 0.1) is 64.8 Å². The monoisotopic (exact) mass is 831 g/mol. The Bertz CT molecular complexity index is 2710. The molecule has 0 bridgehead atoms. The van der Waals surface area contributed by atoms with Gasteiger partial charge in [-0.05, 0) is 113 Å². The summed E-state index contributed by atoms with van der Waals surface area (Å²) in [5, 5.41) is 7.99. The molecule has 0 amide bonds. The fourth-order valence-corrected chi connectivity index (χ4v) is 8.95. The molecule has 1 atom stereocenters. The average Bonchev–Trinajstić information content (AvgIpc) is 3.83. The number of carbonyl (C=O) groups is 1. The summed E-state index contributed by atoms with van der Waals surface area (Å²) in [6, 6.07) is 19.7. The first-order valence-electron chi connectivity index (χ1n) is 19.7. The highest BCUT2D eigenvalue weighted by Gasteiger charge is 2.28. The molecule has 3 aromatic carbocycles. The summed E-state index contributed by atoms with van der Waals surface area (Å²) in [4.78, 5) is 20.3. The van der Waals surface area contributed by atoms with Gasteiger partial charge in [-0.1, -0.05) is 41.9 Å². The fraction of sp³-hybridized carbons (Fsp3) is 0.298. The molecule has 0 aliphatic carbocycles. The Morgan fingerprint density at radius 2 is 1.75 bits per heavy atom. The van der Waals surface area contributed by atoms with Crippen LogP contribution in [0.3, 0.4) is 0 Å². The van der Waals surface area contributed by atoms with Gasteiger partial charge in [-0.15, -0.1) is 0 Å². The maximum absolute atomic E-state index is 13.5. The largest absolute Gasteiger partial charge is 0.496 e. The molecule has 0 aliphatic rings. The van der Waals surface area contributed by atoms with Crippen molar-refractivity contribution in [1.82, 2.24) is 23.9 Å². The minimum atomic E-state index is -0.206. The van der Waals surface area contributed by atoms with Gasteiger partial charge in [0.15, 0.2) is 6.29 Å². The summed E-state index contributed by atoms with van der Waals surface area (Å²) in [6.45, 7) is 15.7. The van der Waals surface area contributed by atoms with Gasteiger partial charge in [0.1, 0.15) is 11.5 Å². The van der Waals surface area contributed by atoms with Gasteiger partial charge < -0.3 is 29.2 Å². The van der Waals surface area contributed by atoms with Crippen molar-refractivity contribution in [2.45, 2.75) is 60.0 Å². The SMILES string of the molecule is C=C(N)c1cc2c(OC)ccc(N(C)C[C@@H](C)n3c(C=O)c(CCCOc4cc(C)c(Cl)c(C)c4)c4ccc(Cl)c(-c5c(C)nn(C)c5C)c43)c2n1Cc1ccccn1. The first kappa shape index (κ1) is 41.4. The number of likely N-dealkylation sites (N-methyl/N-ethyl adjacent to an activating group) is 1. The van der Waals surface area contributed by atoms with Crippen LogP contribution >= 0.6 is 23.2 Å². The Hall–Kier alpha value is -5.71. The zero-order chi connectivity index (χ0) is 42.3. The smallest absolute Gasteiger partial charge is 0.166 e. The third kappa shape index (κ3) is 7.67. The summed E-state index contributed by atoms with van der Waals surface area (Å²) in [5.74, 6) is 1.50. The lowest BCUT2D eigenvalue weighted by Gasteiger charge is -2.28. The Balaban J connectivity index is 1.33. The number of aryl methyl sites for hydroxylation is 5. The lowest BCUT2D eigenvalue weighted by atomic mass is 9.98. The van der Waals surface area contributed by atoms with E-state index < -0.39 is 0 Å². The number of hydrogen-bond acceptors (Lipinski definition) is 7. The number of fused-ring (bicyclic) bond motifs is 2. The highest BCUT2D eigenvalue weighted by Crippen LogP contribution is 2.44. The fourth-order valence-electron chi connectivity index (χ4n) is 8.60. The molecule has 10 nitrogen and oxygen atoms in total. The zero-order valence-electron chi connectivity index (χ0n) is 35.0. The Morgan fingerprint density at radius 3 is 2.37 bits per heavy atom. The number of methoxy groups -OCH3 is 1. The molecule has 7 rings (SSSR count). The van der Waals surface area contributed by atoms with Crippen molar-refractivity contribution in [3.8, 4) is 22.6 Å². The van der Waals surface area contributed by atoms with E-state index in [9.17, 15) is 4.79 Å². The minimum Gasteiger partial charge on any atom is -0.496 e. The van der Waals surface area contributed by atoms with Crippen molar-refractivity contribution in [1.29, 1.82) is 0 Å². The van der Waals surface area contributed by atoms with Crippen LogP contribution in [0.4, 0.5) is 5.69 Å². The van der Waals surface area contributed by atoms with Crippen LogP contribution in [0.1, 0.15) is 69.3 Å². The minimum absolute atomic E-state index is 0.206. The van der Waals surface area contributed by atoms with E-state index in [-0.39, 0.29) is 6.04 Å². The number of aromatic nitrogens is 5. The molecule has 0 aliphatic heterocycles. The van der Waals surface area contributed by atoms with Gasteiger partial charge in [-0.25, -0.2) is 0 Å². The summed E-state index contributed by atoms with van der Waals surface area (Å²) >= 11 is 13.6. The van der Waals surface area contributed by atoms with Crippen LogP contribution in [0.5, 0.6) is 11.5 Å². The van der Waals surface area contributed by atoms with Crippen LogP contribution in [0.15, 0.2) is 73.4 Å². The third-order valence-corrected chi connectivity index (χ3v) is 12.3. The molecule has 59 heavy (non-hydrogen) atoms. The predicted molar refractivity (Wildman–Crippen MR) is 242 cm³/mol. The van der Waals surface area contributed by atoms with E-state index in [2.05, 4.69) is 45.6 Å². The van der Waals surface area contributed by atoms with E-state index in [0.29, 0.717) is 49.0 Å². The standard InChI is InChI=1S/C47H51Cl2N7O3/c1-27-21-34(22-28(2)45(27)49)59-20-12-14-35-36-15-16-38(48)44(43-31(5)52-54(8)32(43)6)47(36)56(41(35)26-57)29(3)24-53(7)39-17-18-42(58-9)37-23-40(30(4)50)55(46(37)39)25-33-13-10-11-19-51-33/h10-11,13,15-19,21-23,26,29H,4,12,14,20,24-25,50H2,1-3,5-9H3/t29-/m1/s1. The van der Waals surface area contributed by atoms with Crippen molar-refractivity contribution < 1.29 is 14.3 Å². The number of rotatable bonds is 15. The molecule has 306 valence electrons. The van der Waals surface area contributed by atoms with Crippen LogP contribution in [-0.2, 0) is 20.0 Å². The number of pyridine rings is 1.